The Hall–Kier alpha value is -2.85. The number of carbonyl (C=O) groups is 2. The molecule has 2 unspecified atom stereocenters. The quantitative estimate of drug-likeness (QED) is 0.515. The van der Waals surface area contributed by atoms with E-state index in [0.29, 0.717) is 31.6 Å². The Labute approximate surface area is 212 Å². The van der Waals surface area contributed by atoms with Crippen molar-refractivity contribution in [1.82, 2.24) is 20.0 Å². The van der Waals surface area contributed by atoms with E-state index in [1.807, 2.05) is 18.2 Å². The molecule has 2 amide bonds. The second kappa shape index (κ2) is 12.9. The maximum atomic E-state index is 13.5. The number of likely N-dealkylation sites (tertiary alicyclic amines) is 1. The minimum absolute atomic E-state index is 0.00396. The Morgan fingerprint density at radius 2 is 1.81 bits per heavy atom. The topological polar surface area (TPSA) is 91.1 Å². The van der Waals surface area contributed by atoms with E-state index in [-0.39, 0.29) is 17.9 Å². The lowest BCUT2D eigenvalue weighted by Gasteiger charge is -2.33. The molecule has 2 aliphatic heterocycles. The fourth-order valence-corrected chi connectivity index (χ4v) is 4.93. The number of nitrogens with two attached hydrogens (primary N) is 1. The Morgan fingerprint density at radius 3 is 2.50 bits per heavy atom. The first-order chi connectivity index (χ1) is 17.5. The van der Waals surface area contributed by atoms with Crippen molar-refractivity contribution < 1.29 is 18.7 Å². The highest BCUT2D eigenvalue weighted by molar-refractivity contribution is 5.98. The number of amides is 2. The molecule has 194 valence electrons. The molecule has 0 bridgehead atoms. The van der Waals surface area contributed by atoms with Gasteiger partial charge in [0.2, 0.25) is 5.91 Å². The van der Waals surface area contributed by atoms with Crippen LogP contribution in [0.3, 0.4) is 0 Å². The van der Waals surface area contributed by atoms with Crippen LogP contribution in [0.15, 0.2) is 54.6 Å². The van der Waals surface area contributed by atoms with Crippen molar-refractivity contribution in [3.63, 3.8) is 0 Å². The van der Waals surface area contributed by atoms with Crippen LogP contribution in [0, 0.1) is 5.82 Å². The monoisotopic (exact) mass is 497 g/mol. The minimum atomic E-state index is -0.610. The van der Waals surface area contributed by atoms with Gasteiger partial charge in [0.1, 0.15) is 11.9 Å². The molecule has 0 aromatic heterocycles. The van der Waals surface area contributed by atoms with Crippen LogP contribution in [0.1, 0.15) is 22.3 Å². The summed E-state index contributed by atoms with van der Waals surface area (Å²) < 4.78 is 19.0. The van der Waals surface area contributed by atoms with Gasteiger partial charge in [-0.1, -0.05) is 30.3 Å². The standard InChI is InChI=1S/C27H36FN5O3/c28-23-8-6-22(7-9-23)27(35)33-20-24(18-25(33)26(34)30-11-10-29)32(19-21-4-2-1-3-5-21)13-12-31-14-16-36-17-15-31/h1-9,24-25H,10-20,29H2,(H,30,34). The second-order valence-electron chi connectivity index (χ2n) is 9.36. The predicted octanol–water partition coefficient (Wildman–Crippen LogP) is 1.32. The molecule has 2 heterocycles. The molecular formula is C27H36FN5O3. The van der Waals surface area contributed by atoms with E-state index in [4.69, 9.17) is 10.5 Å². The highest BCUT2D eigenvalue weighted by atomic mass is 19.1. The van der Waals surface area contributed by atoms with Gasteiger partial charge in [-0.3, -0.25) is 19.4 Å². The fraction of sp³-hybridized carbons (Fsp3) is 0.481. The van der Waals surface area contributed by atoms with Gasteiger partial charge in [-0.05, 0) is 36.2 Å². The van der Waals surface area contributed by atoms with E-state index < -0.39 is 11.9 Å². The molecule has 0 spiro atoms. The zero-order valence-electron chi connectivity index (χ0n) is 20.7. The lowest BCUT2D eigenvalue weighted by molar-refractivity contribution is -0.124. The third-order valence-electron chi connectivity index (χ3n) is 6.93. The smallest absolute Gasteiger partial charge is 0.254 e. The van der Waals surface area contributed by atoms with E-state index in [1.165, 1.54) is 29.8 Å². The van der Waals surface area contributed by atoms with Crippen LogP contribution in [-0.2, 0) is 16.1 Å². The normalized spacial score (nSPS) is 20.6. The molecule has 2 aromatic rings. The van der Waals surface area contributed by atoms with Crippen molar-refractivity contribution in [1.29, 1.82) is 0 Å². The Bertz CT molecular complexity index is 985. The third kappa shape index (κ3) is 6.88. The average molecular weight is 498 g/mol. The highest BCUT2D eigenvalue weighted by Gasteiger charge is 2.42. The number of morpholine rings is 1. The van der Waals surface area contributed by atoms with Crippen LogP contribution in [0.25, 0.3) is 0 Å². The van der Waals surface area contributed by atoms with Crippen molar-refractivity contribution >= 4 is 11.8 Å². The van der Waals surface area contributed by atoms with Gasteiger partial charge in [0.05, 0.1) is 13.2 Å². The Morgan fingerprint density at radius 1 is 1.08 bits per heavy atom. The maximum Gasteiger partial charge on any atom is 0.254 e. The molecule has 2 aromatic carbocycles. The van der Waals surface area contributed by atoms with E-state index in [1.54, 1.807) is 4.90 Å². The molecule has 0 radical (unpaired) electrons. The van der Waals surface area contributed by atoms with Crippen molar-refractivity contribution in [3.8, 4) is 0 Å². The highest BCUT2D eigenvalue weighted by Crippen LogP contribution is 2.26. The van der Waals surface area contributed by atoms with Crippen LogP contribution in [-0.4, -0.2) is 97.6 Å². The number of nitrogens with zero attached hydrogens (tertiary/aromatic N) is 3. The van der Waals surface area contributed by atoms with E-state index in [9.17, 15) is 14.0 Å². The van der Waals surface area contributed by atoms with Crippen LogP contribution in [0.5, 0.6) is 0 Å². The predicted molar refractivity (Wildman–Crippen MR) is 136 cm³/mol. The first-order valence-electron chi connectivity index (χ1n) is 12.7. The number of hydrogen-bond acceptors (Lipinski definition) is 6. The van der Waals surface area contributed by atoms with Crippen molar-refractivity contribution in [2.45, 2.75) is 25.0 Å². The number of hydrogen-bond donors (Lipinski definition) is 2. The van der Waals surface area contributed by atoms with Gasteiger partial charge in [-0.15, -0.1) is 0 Å². The largest absolute Gasteiger partial charge is 0.379 e. The van der Waals surface area contributed by atoms with Crippen LogP contribution in [0.2, 0.25) is 0 Å². The summed E-state index contributed by atoms with van der Waals surface area (Å²) in [6.45, 7) is 6.83. The van der Waals surface area contributed by atoms with Gasteiger partial charge >= 0.3 is 0 Å². The van der Waals surface area contributed by atoms with Crippen LogP contribution < -0.4 is 11.1 Å². The second-order valence-corrected chi connectivity index (χ2v) is 9.36. The number of nitrogens with one attached hydrogen (secondary N) is 1. The van der Waals surface area contributed by atoms with Crippen molar-refractivity contribution in [2.75, 3.05) is 59.0 Å². The third-order valence-corrected chi connectivity index (χ3v) is 6.93. The molecule has 8 nitrogen and oxygen atoms in total. The number of halogens is 1. The summed E-state index contributed by atoms with van der Waals surface area (Å²) in [4.78, 5) is 32.9. The fourth-order valence-electron chi connectivity index (χ4n) is 4.93. The lowest BCUT2D eigenvalue weighted by atomic mass is 10.1. The summed E-state index contributed by atoms with van der Waals surface area (Å²) in [5, 5.41) is 2.85. The molecule has 0 aliphatic carbocycles. The number of benzene rings is 2. The molecular weight excluding hydrogens is 461 g/mol. The Kier molecular flexibility index (Phi) is 9.41. The zero-order valence-corrected chi connectivity index (χ0v) is 20.7. The van der Waals surface area contributed by atoms with Gasteiger partial charge in [0.15, 0.2) is 0 Å². The molecule has 36 heavy (non-hydrogen) atoms. The van der Waals surface area contributed by atoms with Crippen LogP contribution in [0.4, 0.5) is 4.39 Å². The van der Waals surface area contributed by atoms with E-state index >= 15 is 0 Å². The maximum absolute atomic E-state index is 13.5. The number of ether oxygens (including phenoxy) is 1. The van der Waals surface area contributed by atoms with Gasteiger partial charge in [-0.25, -0.2) is 4.39 Å². The summed E-state index contributed by atoms with van der Waals surface area (Å²) in [5.74, 6) is -0.871. The van der Waals surface area contributed by atoms with Crippen molar-refractivity contribution in [3.05, 3.63) is 71.5 Å². The first kappa shape index (κ1) is 26.2. The molecule has 0 saturated carbocycles. The summed E-state index contributed by atoms with van der Waals surface area (Å²) in [7, 11) is 0. The molecule has 2 fully saturated rings. The van der Waals surface area contributed by atoms with Gasteiger partial charge < -0.3 is 20.7 Å². The summed E-state index contributed by atoms with van der Waals surface area (Å²) >= 11 is 0. The van der Waals surface area contributed by atoms with Gasteiger partial charge in [-0.2, -0.15) is 0 Å². The molecule has 3 N–H and O–H groups in total. The minimum Gasteiger partial charge on any atom is -0.379 e. The van der Waals surface area contributed by atoms with Crippen LogP contribution >= 0.6 is 0 Å². The first-order valence-corrected chi connectivity index (χ1v) is 12.7. The molecule has 2 saturated heterocycles. The molecule has 2 aliphatic rings. The summed E-state index contributed by atoms with van der Waals surface area (Å²) in [6, 6.07) is 15.1. The summed E-state index contributed by atoms with van der Waals surface area (Å²) in [5.41, 5.74) is 7.15. The lowest BCUT2D eigenvalue weighted by Crippen LogP contribution is -2.47. The molecule has 2 atom stereocenters. The molecule has 4 rings (SSSR count). The van der Waals surface area contributed by atoms with Crippen molar-refractivity contribution in [2.24, 2.45) is 5.73 Å². The van der Waals surface area contributed by atoms with Gasteiger partial charge in [0.25, 0.3) is 5.91 Å². The number of carbonyl (C=O) groups excluding carboxylic acids is 2. The Balaban J connectivity index is 1.54. The SMILES string of the molecule is NCCNC(=O)C1CC(N(CCN2CCOCC2)Cc2ccccc2)CN1C(=O)c1ccc(F)cc1. The molecule has 9 heteroatoms. The van der Waals surface area contributed by atoms with E-state index in [2.05, 4.69) is 27.2 Å². The number of rotatable bonds is 10. The van der Waals surface area contributed by atoms with E-state index in [0.717, 1.165) is 45.9 Å². The van der Waals surface area contributed by atoms with Gasteiger partial charge in [0, 0.05) is 64.0 Å². The summed E-state index contributed by atoms with van der Waals surface area (Å²) in [6.07, 6.45) is 0.527. The zero-order chi connectivity index (χ0) is 25.3. The average Bonchev–Trinajstić information content (AvgIpc) is 3.36.